The molecular formula is C12H18BrNO3S. The zero-order chi connectivity index (χ0) is 13.8. The molecule has 1 unspecified atom stereocenters. The van der Waals surface area contributed by atoms with E-state index < -0.39 is 9.84 Å². The summed E-state index contributed by atoms with van der Waals surface area (Å²) < 4.78 is 30.0. The minimum Gasteiger partial charge on any atom is -0.496 e. The van der Waals surface area contributed by atoms with E-state index in [1.807, 2.05) is 13.0 Å². The van der Waals surface area contributed by atoms with Gasteiger partial charge in [0.1, 0.15) is 5.75 Å². The molecule has 0 amide bonds. The van der Waals surface area contributed by atoms with Crippen LogP contribution in [-0.4, -0.2) is 27.8 Å². The van der Waals surface area contributed by atoms with Crippen molar-refractivity contribution in [1.82, 2.24) is 0 Å². The number of sulfone groups is 1. The molecule has 1 aromatic carbocycles. The minimum absolute atomic E-state index is 0.0278. The maximum absolute atomic E-state index is 12.0. The Morgan fingerprint density at radius 1 is 1.44 bits per heavy atom. The predicted octanol–water partition coefficient (Wildman–Crippen LogP) is 1.97. The van der Waals surface area contributed by atoms with Gasteiger partial charge >= 0.3 is 0 Å². The highest BCUT2D eigenvalue weighted by Gasteiger charge is 2.18. The Balaban J connectivity index is 2.93. The smallest absolute Gasteiger partial charge is 0.154 e. The third kappa shape index (κ3) is 4.59. The van der Waals surface area contributed by atoms with Gasteiger partial charge in [-0.15, -0.1) is 0 Å². The number of halogens is 1. The van der Waals surface area contributed by atoms with Crippen molar-refractivity contribution in [3.63, 3.8) is 0 Å². The molecule has 0 saturated carbocycles. The van der Waals surface area contributed by atoms with Gasteiger partial charge in [0, 0.05) is 10.0 Å². The van der Waals surface area contributed by atoms with Crippen LogP contribution in [0.2, 0.25) is 0 Å². The van der Waals surface area contributed by atoms with E-state index in [4.69, 9.17) is 10.5 Å². The van der Waals surface area contributed by atoms with Crippen molar-refractivity contribution in [2.75, 3.05) is 19.4 Å². The van der Waals surface area contributed by atoms with E-state index in [9.17, 15) is 8.42 Å². The molecule has 0 heterocycles. The van der Waals surface area contributed by atoms with E-state index in [1.165, 1.54) is 7.11 Å². The molecule has 0 bridgehead atoms. The lowest BCUT2D eigenvalue weighted by Crippen LogP contribution is -2.22. The van der Waals surface area contributed by atoms with Gasteiger partial charge in [0.05, 0.1) is 18.6 Å². The fourth-order valence-corrected chi connectivity index (χ4v) is 3.89. The Morgan fingerprint density at radius 3 is 2.67 bits per heavy atom. The fourth-order valence-electron chi connectivity index (χ4n) is 1.66. The summed E-state index contributed by atoms with van der Waals surface area (Å²) in [5, 5.41) is 0. The fraction of sp³-hybridized carbons (Fsp3) is 0.500. The van der Waals surface area contributed by atoms with Crippen molar-refractivity contribution in [1.29, 1.82) is 0 Å². The number of nitrogens with two attached hydrogens (primary N) is 1. The van der Waals surface area contributed by atoms with Crippen molar-refractivity contribution in [2.45, 2.75) is 12.7 Å². The normalized spacial score (nSPS) is 13.3. The number of benzene rings is 1. The first kappa shape index (κ1) is 15.5. The summed E-state index contributed by atoms with van der Waals surface area (Å²) in [6, 6.07) is 5.34. The van der Waals surface area contributed by atoms with Gasteiger partial charge in [0.25, 0.3) is 0 Å². The van der Waals surface area contributed by atoms with Crippen LogP contribution in [0.3, 0.4) is 0 Å². The second kappa shape index (κ2) is 6.54. The summed E-state index contributed by atoms with van der Waals surface area (Å²) in [4.78, 5) is 0. The Hall–Kier alpha value is -0.590. The van der Waals surface area contributed by atoms with Crippen LogP contribution >= 0.6 is 15.9 Å². The highest BCUT2D eigenvalue weighted by molar-refractivity contribution is 9.10. The van der Waals surface area contributed by atoms with Gasteiger partial charge in [-0.2, -0.15) is 0 Å². The van der Waals surface area contributed by atoms with Gasteiger partial charge in [-0.3, -0.25) is 0 Å². The lowest BCUT2D eigenvalue weighted by atomic mass is 10.2. The molecule has 0 spiro atoms. The van der Waals surface area contributed by atoms with Gasteiger partial charge in [-0.05, 0) is 30.7 Å². The highest BCUT2D eigenvalue weighted by Crippen LogP contribution is 2.25. The van der Waals surface area contributed by atoms with E-state index in [0.29, 0.717) is 17.9 Å². The molecule has 0 radical (unpaired) electrons. The predicted molar refractivity (Wildman–Crippen MR) is 76.4 cm³/mol. The second-order valence-electron chi connectivity index (χ2n) is 4.35. The van der Waals surface area contributed by atoms with E-state index in [2.05, 4.69) is 15.9 Å². The molecule has 0 aliphatic heterocycles. The maximum atomic E-state index is 12.0. The van der Waals surface area contributed by atoms with Crippen molar-refractivity contribution >= 4 is 25.8 Å². The first-order valence-electron chi connectivity index (χ1n) is 5.61. The Kier molecular flexibility index (Phi) is 5.62. The van der Waals surface area contributed by atoms with Crippen molar-refractivity contribution in [3.8, 4) is 5.75 Å². The number of ether oxygens (including phenoxy) is 1. The summed E-state index contributed by atoms with van der Waals surface area (Å²) >= 11 is 3.33. The molecule has 0 aromatic heterocycles. The molecule has 0 aliphatic rings. The standard InChI is InChI=1S/C12H18BrNO3S/c1-9(6-14)7-18(15,16)8-10-5-11(13)3-4-12(10)17-2/h3-5,9H,6-8,14H2,1-2H3. The van der Waals surface area contributed by atoms with E-state index in [0.717, 1.165) is 4.47 Å². The van der Waals surface area contributed by atoms with E-state index in [-0.39, 0.29) is 17.4 Å². The number of rotatable bonds is 6. The van der Waals surface area contributed by atoms with E-state index in [1.54, 1.807) is 12.1 Å². The van der Waals surface area contributed by atoms with Crippen LogP contribution in [0.15, 0.2) is 22.7 Å². The molecule has 6 heteroatoms. The number of hydrogen-bond acceptors (Lipinski definition) is 4. The van der Waals surface area contributed by atoms with Crippen LogP contribution in [0.5, 0.6) is 5.75 Å². The summed E-state index contributed by atoms with van der Waals surface area (Å²) in [5.41, 5.74) is 6.12. The SMILES string of the molecule is COc1ccc(Br)cc1CS(=O)(=O)CC(C)CN. The first-order valence-corrected chi connectivity index (χ1v) is 8.22. The molecule has 0 aliphatic carbocycles. The molecule has 0 fully saturated rings. The number of hydrogen-bond donors (Lipinski definition) is 1. The third-order valence-corrected chi connectivity index (χ3v) is 4.88. The van der Waals surface area contributed by atoms with Crippen molar-refractivity contribution < 1.29 is 13.2 Å². The van der Waals surface area contributed by atoms with Crippen LogP contribution in [0.4, 0.5) is 0 Å². The van der Waals surface area contributed by atoms with Crippen LogP contribution in [-0.2, 0) is 15.6 Å². The summed E-state index contributed by atoms with van der Waals surface area (Å²) in [6.45, 7) is 2.20. The molecule has 18 heavy (non-hydrogen) atoms. The zero-order valence-corrected chi connectivity index (χ0v) is 12.9. The molecular weight excluding hydrogens is 318 g/mol. The monoisotopic (exact) mass is 335 g/mol. The summed E-state index contributed by atoms with van der Waals surface area (Å²) in [6.07, 6.45) is 0. The maximum Gasteiger partial charge on any atom is 0.154 e. The van der Waals surface area contributed by atoms with Crippen LogP contribution < -0.4 is 10.5 Å². The largest absolute Gasteiger partial charge is 0.496 e. The first-order chi connectivity index (χ1) is 8.38. The second-order valence-corrected chi connectivity index (χ2v) is 7.38. The van der Waals surface area contributed by atoms with Gasteiger partial charge < -0.3 is 10.5 Å². The highest BCUT2D eigenvalue weighted by atomic mass is 79.9. The molecule has 0 saturated heterocycles. The third-order valence-electron chi connectivity index (χ3n) is 2.56. The van der Waals surface area contributed by atoms with Gasteiger partial charge in [0.2, 0.25) is 0 Å². The van der Waals surface area contributed by atoms with Gasteiger partial charge in [-0.25, -0.2) is 8.42 Å². The zero-order valence-electron chi connectivity index (χ0n) is 10.5. The van der Waals surface area contributed by atoms with Gasteiger partial charge in [0.15, 0.2) is 9.84 Å². The van der Waals surface area contributed by atoms with Crippen LogP contribution in [0, 0.1) is 5.92 Å². The topological polar surface area (TPSA) is 69.4 Å². The average molecular weight is 336 g/mol. The van der Waals surface area contributed by atoms with Crippen LogP contribution in [0.1, 0.15) is 12.5 Å². The minimum atomic E-state index is -3.18. The Labute approximate surface area is 117 Å². The molecule has 2 N–H and O–H groups in total. The lowest BCUT2D eigenvalue weighted by Gasteiger charge is -2.12. The Bertz CT molecular complexity index is 502. The molecule has 1 atom stereocenters. The summed E-state index contributed by atoms with van der Waals surface area (Å²) in [5.74, 6) is 0.620. The quantitative estimate of drug-likeness (QED) is 0.862. The molecule has 1 aromatic rings. The average Bonchev–Trinajstić information content (AvgIpc) is 2.28. The van der Waals surface area contributed by atoms with Gasteiger partial charge in [-0.1, -0.05) is 22.9 Å². The lowest BCUT2D eigenvalue weighted by molar-refractivity contribution is 0.411. The number of methoxy groups -OCH3 is 1. The van der Waals surface area contributed by atoms with Crippen LogP contribution in [0.25, 0.3) is 0 Å². The Morgan fingerprint density at radius 2 is 2.11 bits per heavy atom. The van der Waals surface area contributed by atoms with Crippen molar-refractivity contribution in [3.05, 3.63) is 28.2 Å². The van der Waals surface area contributed by atoms with Crippen molar-refractivity contribution in [2.24, 2.45) is 11.7 Å². The molecule has 102 valence electrons. The van der Waals surface area contributed by atoms with E-state index >= 15 is 0 Å². The molecule has 1 rings (SSSR count). The molecule has 4 nitrogen and oxygen atoms in total. The summed E-state index contributed by atoms with van der Waals surface area (Å²) in [7, 11) is -1.65.